The quantitative estimate of drug-likeness (QED) is 0.117. The third-order valence-electron chi connectivity index (χ3n) is 12.4. The molecule has 2 fully saturated rings. The average molecular weight is 771 g/mol. The van der Waals surface area contributed by atoms with Crippen LogP contribution in [0.15, 0.2) is 66.7 Å². The molecule has 3 aromatic carbocycles. The molecule has 0 bridgehead atoms. The van der Waals surface area contributed by atoms with Gasteiger partial charge in [-0.1, -0.05) is 58.0 Å². The number of nitrogens with zero attached hydrogens (tertiary/aromatic N) is 3. The predicted molar refractivity (Wildman–Crippen MR) is 225 cm³/mol. The number of carbonyl (C=O) groups is 2. The number of nitrogens with two attached hydrogens (primary N) is 1. The molecule has 1 saturated carbocycles. The lowest BCUT2D eigenvalue weighted by Crippen LogP contribution is -2.52. The fourth-order valence-electron chi connectivity index (χ4n) is 8.75. The van der Waals surface area contributed by atoms with Crippen LogP contribution in [0.5, 0.6) is 0 Å². The molecule has 1 aliphatic heterocycles. The second kappa shape index (κ2) is 18.5. The van der Waals surface area contributed by atoms with Crippen molar-refractivity contribution in [2.24, 2.45) is 29.1 Å². The van der Waals surface area contributed by atoms with Gasteiger partial charge in [-0.15, -0.1) is 0 Å². The molecule has 11 heteroatoms. The minimum absolute atomic E-state index is 0.0792. The number of benzene rings is 3. The van der Waals surface area contributed by atoms with E-state index in [-0.39, 0.29) is 36.4 Å². The highest BCUT2D eigenvalue weighted by atomic mass is 16.7. The summed E-state index contributed by atoms with van der Waals surface area (Å²) in [5.74, 6) is 0.499. The van der Waals surface area contributed by atoms with Crippen LogP contribution in [0, 0.1) is 29.1 Å². The Balaban J connectivity index is 1.35. The number of hydrogen-bond donors (Lipinski definition) is 5. The fourth-order valence-corrected chi connectivity index (χ4v) is 8.75. The Hall–Kier alpha value is -4.00. The number of carbonyl (C=O) groups excluding carboxylic acids is 2. The van der Waals surface area contributed by atoms with Gasteiger partial charge >= 0.3 is 0 Å². The van der Waals surface area contributed by atoms with E-state index in [2.05, 4.69) is 55.4 Å². The van der Waals surface area contributed by atoms with Crippen LogP contribution in [0.1, 0.15) is 68.9 Å². The van der Waals surface area contributed by atoms with Gasteiger partial charge in [0.2, 0.25) is 5.91 Å². The van der Waals surface area contributed by atoms with Crippen molar-refractivity contribution in [3.63, 3.8) is 0 Å². The topological polar surface area (TPSA) is 144 Å². The van der Waals surface area contributed by atoms with Crippen molar-refractivity contribution < 1.29 is 24.6 Å². The normalized spacial score (nSPS) is 23.6. The molecular formula is C45H66N6O5. The molecule has 0 unspecified atom stereocenters. The maximum absolute atomic E-state index is 14.0. The Kier molecular flexibility index (Phi) is 14.3. The molecule has 306 valence electrons. The predicted octanol–water partition coefficient (Wildman–Crippen LogP) is 5.20. The molecule has 5 rings (SSSR count). The Bertz CT molecular complexity index is 1800. The summed E-state index contributed by atoms with van der Waals surface area (Å²) < 4.78 is 0. The van der Waals surface area contributed by atoms with Gasteiger partial charge in [-0.25, -0.2) is 0 Å². The average Bonchev–Trinajstić information content (AvgIpc) is 3.53. The maximum atomic E-state index is 14.0. The van der Waals surface area contributed by atoms with Crippen LogP contribution >= 0.6 is 0 Å². The van der Waals surface area contributed by atoms with E-state index in [0.717, 1.165) is 52.9 Å². The van der Waals surface area contributed by atoms with Gasteiger partial charge in [-0.2, -0.15) is 5.06 Å². The zero-order valence-electron chi connectivity index (χ0n) is 35.0. The zero-order chi connectivity index (χ0) is 40.9. The monoisotopic (exact) mass is 771 g/mol. The SMILES string of the molecule is C[C@H](O)[C@@H]1[C@H](CO)ON(Cc2cccc(-c3cc(C(=O)N[C@@H](CCc4cccc(N)c4)CN(C)C)cc(N(C)C)c3)c2)[C@@H]1C(=O)NC[C@@H](C)[C@@H]1C[C@H](C)C1(C)C. The molecular weight excluding hydrogens is 705 g/mol. The number of aliphatic hydroxyl groups excluding tert-OH is 2. The Morgan fingerprint density at radius 1 is 1.00 bits per heavy atom. The number of aliphatic hydroxyl groups is 2. The Labute approximate surface area is 334 Å². The molecule has 1 aliphatic carbocycles. The lowest BCUT2D eigenvalue weighted by Gasteiger charge is -2.53. The van der Waals surface area contributed by atoms with E-state index in [1.54, 1.807) is 12.0 Å². The van der Waals surface area contributed by atoms with E-state index in [9.17, 15) is 19.8 Å². The van der Waals surface area contributed by atoms with E-state index in [1.807, 2.05) is 87.7 Å². The highest BCUT2D eigenvalue weighted by molar-refractivity contribution is 5.97. The first-order valence-electron chi connectivity index (χ1n) is 20.2. The Morgan fingerprint density at radius 2 is 1.71 bits per heavy atom. The van der Waals surface area contributed by atoms with E-state index < -0.39 is 24.2 Å². The van der Waals surface area contributed by atoms with Crippen molar-refractivity contribution in [3.05, 3.63) is 83.4 Å². The van der Waals surface area contributed by atoms with Crippen molar-refractivity contribution in [2.75, 3.05) is 58.5 Å². The first-order valence-corrected chi connectivity index (χ1v) is 20.2. The van der Waals surface area contributed by atoms with Crippen LogP contribution in [0.25, 0.3) is 11.1 Å². The van der Waals surface area contributed by atoms with Crippen molar-refractivity contribution in [2.45, 2.75) is 84.7 Å². The molecule has 2 aliphatic rings. The van der Waals surface area contributed by atoms with Gasteiger partial charge < -0.3 is 36.4 Å². The van der Waals surface area contributed by atoms with E-state index >= 15 is 0 Å². The minimum Gasteiger partial charge on any atom is -0.399 e. The Morgan fingerprint density at radius 3 is 2.34 bits per heavy atom. The standard InChI is InChI=1S/C45H66N6O5/c1-28(39-18-29(2)45(39,4)5)24-47-44(55)42-41(30(3)53)40(27-52)56-51(42)25-32-13-10-14-33(19-32)34-21-35(23-38(22-34)50(8)9)43(54)48-37(26-49(6)7)17-16-31-12-11-15-36(46)20-31/h10-15,19-23,28-30,37,39-42,52-53H,16-18,24-27,46H2,1-9H3,(H,47,55)(H,48,54)/t28-,29+,30+,37+,39+,40+,41-,42+/m1/s1. The van der Waals surface area contributed by atoms with Crippen LogP contribution in [-0.4, -0.2) is 104 Å². The summed E-state index contributed by atoms with van der Waals surface area (Å²) >= 11 is 0. The fraction of sp³-hybridized carbons (Fsp3) is 0.556. The summed E-state index contributed by atoms with van der Waals surface area (Å²) in [5, 5.41) is 29.2. The lowest BCUT2D eigenvalue weighted by molar-refractivity contribution is -0.182. The van der Waals surface area contributed by atoms with Crippen LogP contribution in [-0.2, 0) is 22.6 Å². The number of likely N-dealkylation sites (N-methyl/N-ethyl adjacent to an activating group) is 1. The number of hydroxylamine groups is 2. The van der Waals surface area contributed by atoms with Crippen molar-refractivity contribution in [3.8, 4) is 11.1 Å². The number of aryl methyl sites for hydroxylation is 1. The van der Waals surface area contributed by atoms with E-state index in [0.29, 0.717) is 36.4 Å². The summed E-state index contributed by atoms with van der Waals surface area (Å²) in [5.41, 5.74) is 12.2. The number of nitrogens with one attached hydrogen (secondary N) is 2. The summed E-state index contributed by atoms with van der Waals surface area (Å²) in [6.07, 6.45) is 1.09. The lowest BCUT2D eigenvalue weighted by atomic mass is 9.52. The molecule has 2 amide bonds. The van der Waals surface area contributed by atoms with E-state index in [4.69, 9.17) is 10.6 Å². The molecule has 11 nitrogen and oxygen atoms in total. The van der Waals surface area contributed by atoms with Crippen LogP contribution < -0.4 is 21.3 Å². The molecule has 56 heavy (non-hydrogen) atoms. The minimum atomic E-state index is -0.879. The molecule has 1 heterocycles. The molecule has 6 N–H and O–H groups in total. The molecule has 1 saturated heterocycles. The van der Waals surface area contributed by atoms with Crippen molar-refractivity contribution in [1.82, 2.24) is 20.6 Å². The third-order valence-corrected chi connectivity index (χ3v) is 12.4. The molecule has 0 radical (unpaired) electrons. The van der Waals surface area contributed by atoms with Gasteiger partial charge in [0, 0.05) is 56.1 Å². The van der Waals surface area contributed by atoms with Gasteiger partial charge in [0.15, 0.2) is 0 Å². The molecule has 0 aromatic heterocycles. The van der Waals surface area contributed by atoms with Crippen molar-refractivity contribution in [1.29, 1.82) is 0 Å². The van der Waals surface area contributed by atoms with Gasteiger partial charge in [0.1, 0.15) is 12.1 Å². The number of amides is 2. The summed E-state index contributed by atoms with van der Waals surface area (Å²) in [4.78, 5) is 38.2. The van der Waals surface area contributed by atoms with Gasteiger partial charge in [0.05, 0.1) is 19.3 Å². The second-order valence-corrected chi connectivity index (χ2v) is 17.5. The number of anilines is 2. The number of hydrogen-bond acceptors (Lipinski definition) is 9. The number of nitrogen functional groups attached to an aromatic ring is 1. The molecule has 0 spiro atoms. The summed E-state index contributed by atoms with van der Waals surface area (Å²) in [6, 6.07) is 20.9. The smallest absolute Gasteiger partial charge is 0.251 e. The van der Waals surface area contributed by atoms with Crippen LogP contribution in [0.3, 0.4) is 0 Å². The number of rotatable bonds is 17. The molecule has 8 atom stereocenters. The largest absolute Gasteiger partial charge is 0.399 e. The second-order valence-electron chi connectivity index (χ2n) is 17.5. The maximum Gasteiger partial charge on any atom is 0.251 e. The van der Waals surface area contributed by atoms with Gasteiger partial charge in [-0.3, -0.25) is 14.4 Å². The highest BCUT2D eigenvalue weighted by Crippen LogP contribution is 2.54. The van der Waals surface area contributed by atoms with Crippen LogP contribution in [0.2, 0.25) is 0 Å². The summed E-state index contributed by atoms with van der Waals surface area (Å²) in [7, 11) is 7.92. The van der Waals surface area contributed by atoms with Crippen LogP contribution in [0.4, 0.5) is 11.4 Å². The zero-order valence-corrected chi connectivity index (χ0v) is 35.0. The highest BCUT2D eigenvalue weighted by Gasteiger charge is 2.50. The first-order chi connectivity index (χ1) is 26.5. The van der Waals surface area contributed by atoms with Crippen molar-refractivity contribution >= 4 is 23.2 Å². The van der Waals surface area contributed by atoms with E-state index in [1.165, 1.54) is 0 Å². The van der Waals surface area contributed by atoms with Gasteiger partial charge in [-0.05, 0) is 122 Å². The third kappa shape index (κ3) is 10.3. The first kappa shape index (κ1) is 43.1. The van der Waals surface area contributed by atoms with Gasteiger partial charge in [0.25, 0.3) is 5.91 Å². The summed E-state index contributed by atoms with van der Waals surface area (Å²) in [6.45, 7) is 11.9. The molecule has 3 aromatic rings.